The van der Waals surface area contributed by atoms with Crippen LogP contribution in [0.1, 0.15) is 24.0 Å². The number of benzene rings is 1. The van der Waals surface area contributed by atoms with Crippen molar-refractivity contribution in [3.63, 3.8) is 0 Å². The Kier molecular flexibility index (Phi) is 4.80. The van der Waals surface area contributed by atoms with Gasteiger partial charge in [-0.25, -0.2) is 8.42 Å². The molecule has 0 spiro atoms. The largest absolute Gasteiger partial charge is 0.381 e. The fourth-order valence-corrected chi connectivity index (χ4v) is 4.14. The lowest BCUT2D eigenvalue weighted by Gasteiger charge is -2.30. The predicted molar refractivity (Wildman–Crippen MR) is 77.9 cm³/mol. The first-order chi connectivity index (χ1) is 9.46. The summed E-state index contributed by atoms with van der Waals surface area (Å²) in [5.74, 6) is 0. The molecule has 2 rings (SSSR count). The summed E-state index contributed by atoms with van der Waals surface area (Å²) >= 11 is 0. The maximum absolute atomic E-state index is 12.8. The topological polar surface area (TPSA) is 72.6 Å². The minimum absolute atomic E-state index is 0.00897. The van der Waals surface area contributed by atoms with E-state index in [2.05, 4.69) is 0 Å². The van der Waals surface area contributed by atoms with Crippen LogP contribution in [0.3, 0.4) is 0 Å². The highest BCUT2D eigenvalue weighted by Crippen LogP contribution is 2.25. The Labute approximate surface area is 120 Å². The molecule has 5 nitrogen and oxygen atoms in total. The number of nitrogens with two attached hydrogens (primary N) is 1. The third-order valence-electron chi connectivity index (χ3n) is 3.85. The standard InChI is InChI=1S/C14H22N2O3S/c1-11-3-4-12(10-15)9-14(11)20(17,18)16(2)13-5-7-19-8-6-13/h3-4,9,13H,5-8,10,15H2,1-2H3. The molecule has 0 radical (unpaired) electrons. The van der Waals surface area contributed by atoms with Crippen molar-refractivity contribution < 1.29 is 13.2 Å². The van der Waals surface area contributed by atoms with Crippen molar-refractivity contribution in [1.29, 1.82) is 0 Å². The first-order valence-electron chi connectivity index (χ1n) is 6.82. The fourth-order valence-electron chi connectivity index (χ4n) is 2.45. The summed E-state index contributed by atoms with van der Waals surface area (Å²) in [5.41, 5.74) is 7.19. The van der Waals surface area contributed by atoms with E-state index in [1.54, 1.807) is 13.1 Å². The lowest BCUT2D eigenvalue weighted by molar-refractivity contribution is 0.0632. The van der Waals surface area contributed by atoms with E-state index < -0.39 is 10.0 Å². The normalized spacial score (nSPS) is 17.6. The van der Waals surface area contributed by atoms with Gasteiger partial charge in [0, 0.05) is 32.8 Å². The molecule has 1 aliphatic rings. The van der Waals surface area contributed by atoms with E-state index >= 15 is 0 Å². The zero-order chi connectivity index (χ0) is 14.8. The Bertz CT molecular complexity index is 566. The van der Waals surface area contributed by atoms with E-state index in [4.69, 9.17) is 10.5 Å². The van der Waals surface area contributed by atoms with Gasteiger partial charge in [0.25, 0.3) is 0 Å². The minimum atomic E-state index is -3.48. The summed E-state index contributed by atoms with van der Waals surface area (Å²) in [4.78, 5) is 0.356. The second kappa shape index (κ2) is 6.22. The van der Waals surface area contributed by atoms with Crippen molar-refractivity contribution >= 4 is 10.0 Å². The molecule has 20 heavy (non-hydrogen) atoms. The lowest BCUT2D eigenvalue weighted by Crippen LogP contribution is -2.40. The molecule has 1 heterocycles. The number of sulfonamides is 1. The number of nitrogens with zero attached hydrogens (tertiary/aromatic N) is 1. The molecule has 0 aromatic heterocycles. The van der Waals surface area contributed by atoms with Gasteiger partial charge in [-0.3, -0.25) is 0 Å². The van der Waals surface area contributed by atoms with Crippen LogP contribution in [0.15, 0.2) is 23.1 Å². The quantitative estimate of drug-likeness (QED) is 0.908. The van der Waals surface area contributed by atoms with Gasteiger partial charge in [-0.2, -0.15) is 4.31 Å². The molecule has 1 aliphatic heterocycles. The maximum Gasteiger partial charge on any atom is 0.243 e. The molecule has 6 heteroatoms. The van der Waals surface area contributed by atoms with Crippen LogP contribution in [0.25, 0.3) is 0 Å². The molecular weight excluding hydrogens is 276 g/mol. The highest BCUT2D eigenvalue weighted by molar-refractivity contribution is 7.89. The highest BCUT2D eigenvalue weighted by Gasteiger charge is 2.30. The van der Waals surface area contributed by atoms with Crippen molar-refractivity contribution in [1.82, 2.24) is 4.31 Å². The van der Waals surface area contributed by atoms with Crippen molar-refractivity contribution in [2.24, 2.45) is 5.73 Å². The molecule has 112 valence electrons. The van der Waals surface area contributed by atoms with E-state index in [9.17, 15) is 8.42 Å². The summed E-state index contributed by atoms with van der Waals surface area (Å²) in [6, 6.07) is 5.37. The number of hydrogen-bond donors (Lipinski definition) is 1. The SMILES string of the molecule is Cc1ccc(CN)cc1S(=O)(=O)N(C)C1CCOCC1. The summed E-state index contributed by atoms with van der Waals surface area (Å²) < 4.78 is 32.3. The zero-order valence-electron chi connectivity index (χ0n) is 12.0. The number of hydrogen-bond acceptors (Lipinski definition) is 4. The second-order valence-corrected chi connectivity index (χ2v) is 7.13. The fraction of sp³-hybridized carbons (Fsp3) is 0.571. The lowest BCUT2D eigenvalue weighted by atomic mass is 10.1. The Balaban J connectivity index is 2.33. The van der Waals surface area contributed by atoms with Crippen LogP contribution in [0.4, 0.5) is 0 Å². The molecule has 0 bridgehead atoms. The van der Waals surface area contributed by atoms with Gasteiger partial charge in [-0.15, -0.1) is 0 Å². The van der Waals surface area contributed by atoms with E-state index in [1.165, 1.54) is 4.31 Å². The molecular formula is C14H22N2O3S. The number of rotatable bonds is 4. The Morgan fingerprint density at radius 1 is 1.35 bits per heavy atom. The molecule has 0 unspecified atom stereocenters. The number of aryl methyl sites for hydroxylation is 1. The van der Waals surface area contributed by atoms with Crippen LogP contribution < -0.4 is 5.73 Å². The van der Waals surface area contributed by atoms with E-state index in [-0.39, 0.29) is 6.04 Å². The average molecular weight is 298 g/mol. The molecule has 0 aliphatic carbocycles. The second-order valence-electron chi connectivity index (χ2n) is 5.17. The average Bonchev–Trinajstić information content (AvgIpc) is 2.47. The van der Waals surface area contributed by atoms with Crippen molar-refractivity contribution in [3.05, 3.63) is 29.3 Å². The van der Waals surface area contributed by atoms with Crippen LogP contribution in [0.2, 0.25) is 0 Å². The van der Waals surface area contributed by atoms with Gasteiger partial charge in [0.2, 0.25) is 10.0 Å². The van der Waals surface area contributed by atoms with Gasteiger partial charge in [-0.05, 0) is 37.0 Å². The molecule has 0 amide bonds. The third-order valence-corrected chi connectivity index (χ3v) is 5.90. The van der Waals surface area contributed by atoms with Gasteiger partial charge in [0.15, 0.2) is 0 Å². The van der Waals surface area contributed by atoms with Crippen LogP contribution in [0, 0.1) is 6.92 Å². The summed E-state index contributed by atoms with van der Waals surface area (Å²) in [5, 5.41) is 0. The zero-order valence-corrected chi connectivity index (χ0v) is 12.8. The third kappa shape index (κ3) is 3.03. The highest BCUT2D eigenvalue weighted by atomic mass is 32.2. The summed E-state index contributed by atoms with van der Waals surface area (Å²) in [6.07, 6.45) is 1.48. The van der Waals surface area contributed by atoms with Gasteiger partial charge >= 0.3 is 0 Å². The van der Waals surface area contributed by atoms with Gasteiger partial charge in [0.05, 0.1) is 4.90 Å². The van der Waals surface area contributed by atoms with E-state index in [0.29, 0.717) is 24.7 Å². The van der Waals surface area contributed by atoms with E-state index in [1.807, 2.05) is 19.1 Å². The van der Waals surface area contributed by atoms with E-state index in [0.717, 1.165) is 24.0 Å². The molecule has 1 fully saturated rings. The molecule has 2 N–H and O–H groups in total. The van der Waals surface area contributed by atoms with Crippen molar-refractivity contribution in [2.75, 3.05) is 20.3 Å². The molecule has 0 saturated carbocycles. The van der Waals surface area contributed by atoms with Crippen LogP contribution >= 0.6 is 0 Å². The van der Waals surface area contributed by atoms with Crippen LogP contribution in [0.5, 0.6) is 0 Å². The van der Waals surface area contributed by atoms with Gasteiger partial charge in [0.1, 0.15) is 0 Å². The Morgan fingerprint density at radius 3 is 2.60 bits per heavy atom. The van der Waals surface area contributed by atoms with Crippen molar-refractivity contribution in [3.8, 4) is 0 Å². The molecule has 1 saturated heterocycles. The van der Waals surface area contributed by atoms with Crippen LogP contribution in [-0.2, 0) is 21.3 Å². The predicted octanol–water partition coefficient (Wildman–Crippen LogP) is 1.25. The smallest absolute Gasteiger partial charge is 0.243 e. The number of ether oxygens (including phenoxy) is 1. The van der Waals surface area contributed by atoms with Crippen molar-refractivity contribution in [2.45, 2.75) is 37.2 Å². The minimum Gasteiger partial charge on any atom is -0.381 e. The molecule has 1 aromatic rings. The maximum atomic E-state index is 12.8. The first-order valence-corrected chi connectivity index (χ1v) is 8.26. The Hall–Kier alpha value is -0.950. The summed E-state index contributed by atoms with van der Waals surface area (Å²) in [6.45, 7) is 3.38. The monoisotopic (exact) mass is 298 g/mol. The Morgan fingerprint density at radius 2 is 2.00 bits per heavy atom. The molecule has 0 atom stereocenters. The van der Waals surface area contributed by atoms with Gasteiger partial charge in [-0.1, -0.05) is 12.1 Å². The molecule has 1 aromatic carbocycles. The van der Waals surface area contributed by atoms with Crippen LogP contribution in [-0.4, -0.2) is 39.0 Å². The first kappa shape index (κ1) is 15.4. The van der Waals surface area contributed by atoms with Gasteiger partial charge < -0.3 is 10.5 Å². The summed E-state index contributed by atoms with van der Waals surface area (Å²) in [7, 11) is -1.83.